The van der Waals surface area contributed by atoms with E-state index in [4.69, 9.17) is 11.6 Å². The van der Waals surface area contributed by atoms with Crippen molar-refractivity contribution in [2.24, 2.45) is 5.41 Å². The molecule has 1 saturated carbocycles. The SMILES string of the molecule is CC1(C)CCCC1n1c(CCl)nc2cc(Br)c(F)cc21. The lowest BCUT2D eigenvalue weighted by molar-refractivity contribution is 0.262. The second-order valence-electron chi connectivity index (χ2n) is 6.18. The molecule has 1 fully saturated rings. The van der Waals surface area contributed by atoms with Gasteiger partial charge in [-0.05, 0) is 40.3 Å². The van der Waals surface area contributed by atoms with Crippen LogP contribution in [0.1, 0.15) is 45.0 Å². The molecule has 1 aliphatic carbocycles. The lowest BCUT2D eigenvalue weighted by Crippen LogP contribution is -2.23. The van der Waals surface area contributed by atoms with E-state index in [9.17, 15) is 4.39 Å². The van der Waals surface area contributed by atoms with E-state index in [1.165, 1.54) is 12.8 Å². The van der Waals surface area contributed by atoms with Crippen molar-refractivity contribution < 1.29 is 4.39 Å². The minimum absolute atomic E-state index is 0.192. The maximum absolute atomic E-state index is 13.9. The number of hydrogen-bond acceptors (Lipinski definition) is 1. The first-order valence-corrected chi connectivity index (χ1v) is 8.18. The number of rotatable bonds is 2. The fourth-order valence-corrected chi connectivity index (χ4v) is 3.89. The molecule has 0 N–H and O–H groups in total. The molecule has 0 saturated heterocycles. The van der Waals surface area contributed by atoms with Crippen LogP contribution >= 0.6 is 27.5 Å². The first-order valence-electron chi connectivity index (χ1n) is 6.86. The first kappa shape index (κ1) is 14.3. The summed E-state index contributed by atoms with van der Waals surface area (Å²) in [6.45, 7) is 4.54. The second kappa shape index (κ2) is 4.99. The molecule has 2 nitrogen and oxygen atoms in total. The summed E-state index contributed by atoms with van der Waals surface area (Å²) in [6.07, 6.45) is 3.47. The summed E-state index contributed by atoms with van der Waals surface area (Å²) in [5, 5.41) is 0. The molecule has 3 rings (SSSR count). The van der Waals surface area contributed by atoms with Crippen molar-refractivity contribution in [1.82, 2.24) is 9.55 Å². The normalized spacial score (nSPS) is 21.8. The summed E-state index contributed by atoms with van der Waals surface area (Å²) in [6, 6.07) is 3.64. The van der Waals surface area contributed by atoms with Crippen molar-refractivity contribution >= 4 is 38.6 Å². The molecule has 2 aromatic rings. The molecule has 1 unspecified atom stereocenters. The standard InChI is InChI=1S/C15H17BrClFN2/c1-15(2)5-3-4-13(15)20-12-7-10(18)9(16)6-11(12)19-14(20)8-17/h6-7,13H,3-5,8H2,1-2H3. The summed E-state index contributed by atoms with van der Waals surface area (Å²) < 4.78 is 16.5. The van der Waals surface area contributed by atoms with Gasteiger partial charge in [0, 0.05) is 12.1 Å². The summed E-state index contributed by atoms with van der Waals surface area (Å²) >= 11 is 9.29. The minimum atomic E-state index is -0.254. The zero-order valence-corrected chi connectivity index (χ0v) is 13.9. The third-order valence-corrected chi connectivity index (χ3v) is 5.28. The first-order chi connectivity index (χ1) is 9.44. The Hall–Kier alpha value is -0.610. The van der Waals surface area contributed by atoms with E-state index in [0.717, 1.165) is 23.3 Å². The maximum Gasteiger partial charge on any atom is 0.139 e. The highest BCUT2D eigenvalue weighted by Gasteiger charge is 2.37. The van der Waals surface area contributed by atoms with Gasteiger partial charge in [-0.3, -0.25) is 0 Å². The van der Waals surface area contributed by atoms with E-state index < -0.39 is 0 Å². The second-order valence-corrected chi connectivity index (χ2v) is 7.30. The van der Waals surface area contributed by atoms with Crippen LogP contribution in [0.15, 0.2) is 16.6 Å². The lowest BCUT2D eigenvalue weighted by atomic mass is 9.87. The van der Waals surface area contributed by atoms with E-state index in [1.54, 1.807) is 12.1 Å². The molecule has 0 aliphatic heterocycles. The molecule has 0 spiro atoms. The van der Waals surface area contributed by atoms with Gasteiger partial charge in [-0.15, -0.1) is 11.6 Å². The van der Waals surface area contributed by atoms with Crippen molar-refractivity contribution in [3.63, 3.8) is 0 Å². The van der Waals surface area contributed by atoms with Crippen molar-refractivity contribution in [2.45, 2.75) is 45.0 Å². The third kappa shape index (κ3) is 2.17. The van der Waals surface area contributed by atoms with Gasteiger partial charge >= 0.3 is 0 Å². The van der Waals surface area contributed by atoms with Gasteiger partial charge in [0.2, 0.25) is 0 Å². The number of alkyl halides is 1. The van der Waals surface area contributed by atoms with Crippen molar-refractivity contribution in [3.05, 3.63) is 28.2 Å². The van der Waals surface area contributed by atoms with E-state index in [-0.39, 0.29) is 11.2 Å². The highest BCUT2D eigenvalue weighted by Crippen LogP contribution is 2.47. The zero-order valence-electron chi connectivity index (χ0n) is 11.6. The van der Waals surface area contributed by atoms with Crippen molar-refractivity contribution in [2.75, 3.05) is 0 Å². The average molecular weight is 360 g/mol. The van der Waals surface area contributed by atoms with Crippen LogP contribution in [0.3, 0.4) is 0 Å². The van der Waals surface area contributed by atoms with Crippen LogP contribution in [0.2, 0.25) is 0 Å². The van der Waals surface area contributed by atoms with Crippen LogP contribution < -0.4 is 0 Å². The molecule has 5 heteroatoms. The number of nitrogens with zero attached hydrogens (tertiary/aromatic N) is 2. The topological polar surface area (TPSA) is 17.8 Å². The van der Waals surface area contributed by atoms with Crippen LogP contribution in [0.5, 0.6) is 0 Å². The smallest absolute Gasteiger partial charge is 0.139 e. The summed E-state index contributed by atoms with van der Waals surface area (Å²) in [7, 11) is 0. The molecule has 0 radical (unpaired) electrons. The van der Waals surface area contributed by atoms with Gasteiger partial charge in [0.15, 0.2) is 0 Å². The highest BCUT2D eigenvalue weighted by atomic mass is 79.9. The van der Waals surface area contributed by atoms with Gasteiger partial charge in [0.05, 0.1) is 21.4 Å². The number of benzene rings is 1. The number of hydrogen-bond donors (Lipinski definition) is 0. The van der Waals surface area contributed by atoms with Gasteiger partial charge in [-0.25, -0.2) is 9.37 Å². The van der Waals surface area contributed by atoms with Crippen molar-refractivity contribution in [1.29, 1.82) is 0 Å². The maximum atomic E-state index is 13.9. The largest absolute Gasteiger partial charge is 0.323 e. The predicted molar refractivity (Wildman–Crippen MR) is 83.6 cm³/mol. The monoisotopic (exact) mass is 358 g/mol. The summed E-state index contributed by atoms with van der Waals surface area (Å²) in [4.78, 5) is 4.58. The Kier molecular flexibility index (Phi) is 3.57. The summed E-state index contributed by atoms with van der Waals surface area (Å²) in [5.41, 5.74) is 1.84. The lowest BCUT2D eigenvalue weighted by Gasteiger charge is -2.30. The highest BCUT2D eigenvalue weighted by molar-refractivity contribution is 9.10. The molecule has 0 amide bonds. The van der Waals surface area contributed by atoms with Gasteiger partial charge in [0.25, 0.3) is 0 Å². The number of fused-ring (bicyclic) bond motifs is 1. The van der Waals surface area contributed by atoms with Gasteiger partial charge in [-0.2, -0.15) is 0 Å². The van der Waals surface area contributed by atoms with Crippen LogP contribution in [0.25, 0.3) is 11.0 Å². The molecule has 20 heavy (non-hydrogen) atoms. The number of imidazole rings is 1. The van der Waals surface area contributed by atoms with E-state index in [1.807, 2.05) is 0 Å². The Morgan fingerprint density at radius 3 is 2.85 bits per heavy atom. The van der Waals surface area contributed by atoms with E-state index >= 15 is 0 Å². The molecule has 1 heterocycles. The molecular formula is C15H17BrClFN2. The zero-order chi connectivity index (χ0) is 14.5. The molecular weight excluding hydrogens is 343 g/mol. The Bertz CT molecular complexity index is 665. The van der Waals surface area contributed by atoms with Crippen molar-refractivity contribution in [3.8, 4) is 0 Å². The number of halogens is 3. The fourth-order valence-electron chi connectivity index (χ4n) is 3.37. The van der Waals surface area contributed by atoms with Gasteiger partial charge in [0.1, 0.15) is 11.6 Å². The average Bonchev–Trinajstić information content (AvgIpc) is 2.89. The van der Waals surface area contributed by atoms with Gasteiger partial charge in [-0.1, -0.05) is 20.3 Å². The van der Waals surface area contributed by atoms with E-state index in [0.29, 0.717) is 16.4 Å². The van der Waals surface area contributed by atoms with Gasteiger partial charge < -0.3 is 4.57 Å². The number of aromatic nitrogens is 2. The molecule has 1 aromatic carbocycles. The third-order valence-electron chi connectivity index (χ3n) is 4.44. The molecule has 1 aromatic heterocycles. The quantitative estimate of drug-likeness (QED) is 0.654. The van der Waals surface area contributed by atoms with Crippen LogP contribution in [-0.2, 0) is 5.88 Å². The van der Waals surface area contributed by atoms with E-state index in [2.05, 4.69) is 39.3 Å². The Morgan fingerprint density at radius 2 is 2.25 bits per heavy atom. The summed E-state index contributed by atoms with van der Waals surface area (Å²) in [5.74, 6) is 0.926. The molecule has 1 atom stereocenters. The predicted octanol–water partition coefficient (Wildman–Crippen LogP) is 5.43. The molecule has 0 bridgehead atoms. The van der Waals surface area contributed by atoms with Crippen LogP contribution in [0, 0.1) is 11.2 Å². The Balaban J connectivity index is 2.25. The van der Waals surface area contributed by atoms with Crippen LogP contribution in [-0.4, -0.2) is 9.55 Å². The minimum Gasteiger partial charge on any atom is -0.323 e. The van der Waals surface area contributed by atoms with Crippen LogP contribution in [0.4, 0.5) is 4.39 Å². The Morgan fingerprint density at radius 1 is 1.50 bits per heavy atom. The Labute approximate surface area is 131 Å². The molecule has 1 aliphatic rings. The fraction of sp³-hybridized carbons (Fsp3) is 0.533. The molecule has 108 valence electrons.